The second-order valence-electron chi connectivity index (χ2n) is 7.46. The van der Waals surface area contributed by atoms with Crippen molar-refractivity contribution < 1.29 is 14.0 Å². The quantitative estimate of drug-likeness (QED) is 0.825. The summed E-state index contributed by atoms with van der Waals surface area (Å²) >= 11 is 0. The molecule has 1 aliphatic rings. The summed E-state index contributed by atoms with van der Waals surface area (Å²) in [7, 11) is 1.88. The van der Waals surface area contributed by atoms with Crippen molar-refractivity contribution in [3.05, 3.63) is 47.8 Å². The minimum Gasteiger partial charge on any atom is -0.336 e. The van der Waals surface area contributed by atoms with Crippen LogP contribution in [-0.2, 0) is 11.8 Å². The van der Waals surface area contributed by atoms with E-state index in [2.05, 4.69) is 15.6 Å². The van der Waals surface area contributed by atoms with Gasteiger partial charge in [-0.25, -0.2) is 9.37 Å². The summed E-state index contributed by atoms with van der Waals surface area (Å²) in [6, 6.07) is 3.95. The molecule has 2 amide bonds. The van der Waals surface area contributed by atoms with Crippen molar-refractivity contribution in [1.82, 2.24) is 19.8 Å². The molecule has 3 rings (SSSR count). The van der Waals surface area contributed by atoms with Crippen LogP contribution in [0, 0.1) is 11.7 Å². The maximum Gasteiger partial charge on any atom is 0.254 e. The molecule has 1 aromatic carbocycles. The number of piperazine rings is 1. The van der Waals surface area contributed by atoms with E-state index in [1.165, 1.54) is 12.1 Å². The first-order valence-electron chi connectivity index (χ1n) is 9.45. The highest BCUT2D eigenvalue weighted by atomic mass is 19.1. The van der Waals surface area contributed by atoms with E-state index in [-0.39, 0.29) is 35.0 Å². The zero-order chi connectivity index (χ0) is 20.3. The van der Waals surface area contributed by atoms with Gasteiger partial charge in [0.05, 0.1) is 5.69 Å². The number of benzene rings is 1. The van der Waals surface area contributed by atoms with Gasteiger partial charge in [-0.15, -0.1) is 0 Å². The number of carbonyl (C=O) groups is 2. The number of hydrogen-bond acceptors (Lipinski definition) is 4. The molecule has 1 aliphatic heterocycles. The molecule has 28 heavy (non-hydrogen) atoms. The number of hydrogen-bond donors (Lipinski definition) is 2. The Morgan fingerprint density at radius 1 is 1.39 bits per heavy atom. The van der Waals surface area contributed by atoms with Crippen molar-refractivity contribution in [1.29, 1.82) is 0 Å². The van der Waals surface area contributed by atoms with Crippen LogP contribution in [0.15, 0.2) is 30.6 Å². The van der Waals surface area contributed by atoms with Crippen LogP contribution in [0.25, 0.3) is 0 Å². The Morgan fingerprint density at radius 2 is 2.18 bits per heavy atom. The van der Waals surface area contributed by atoms with Crippen LogP contribution in [-0.4, -0.2) is 45.9 Å². The molecule has 2 aromatic rings. The molecule has 0 spiro atoms. The van der Waals surface area contributed by atoms with Crippen LogP contribution >= 0.6 is 0 Å². The Morgan fingerprint density at radius 3 is 2.82 bits per heavy atom. The molecule has 0 saturated carbocycles. The van der Waals surface area contributed by atoms with Crippen LogP contribution in [0.5, 0.6) is 0 Å². The normalized spacial score (nSPS) is 17.0. The lowest BCUT2D eigenvalue weighted by molar-refractivity contribution is -0.116. The highest BCUT2D eigenvalue weighted by Crippen LogP contribution is 2.24. The number of carbonyl (C=O) groups excluding carboxylic acids is 2. The number of amides is 2. The Hall–Kier alpha value is -2.74. The largest absolute Gasteiger partial charge is 0.336 e. The summed E-state index contributed by atoms with van der Waals surface area (Å²) < 4.78 is 16.4. The number of nitrogens with one attached hydrogen (secondary N) is 2. The number of nitrogens with zero attached hydrogens (tertiary/aromatic N) is 3. The molecule has 0 bridgehead atoms. The first kappa shape index (κ1) is 20.0. The van der Waals surface area contributed by atoms with E-state index in [4.69, 9.17) is 0 Å². The Labute approximate surface area is 163 Å². The van der Waals surface area contributed by atoms with Gasteiger partial charge in [-0.05, 0) is 24.1 Å². The fraction of sp³-hybridized carbons (Fsp3) is 0.450. The van der Waals surface area contributed by atoms with Gasteiger partial charge in [-0.2, -0.15) is 0 Å². The lowest BCUT2D eigenvalue weighted by Crippen LogP contribution is -2.49. The Kier molecular flexibility index (Phi) is 6.08. The van der Waals surface area contributed by atoms with E-state index in [9.17, 15) is 14.0 Å². The highest BCUT2D eigenvalue weighted by Gasteiger charge is 2.31. The van der Waals surface area contributed by atoms with E-state index in [1.54, 1.807) is 17.2 Å². The molecule has 0 radical (unpaired) electrons. The van der Waals surface area contributed by atoms with Crippen LogP contribution in [0.1, 0.15) is 42.5 Å². The fourth-order valence-corrected chi connectivity index (χ4v) is 3.36. The standard InChI is InChI=1S/C20H26FN5O2/c1-13(2)10-18(27)24-16-5-4-14(11-15(16)21)20(28)26-9-6-22-12-17(26)19-23-7-8-25(19)3/h4-5,7-8,11,13,17,22H,6,9-10,12H2,1-3H3,(H,24,27). The third-order valence-electron chi connectivity index (χ3n) is 4.74. The molecule has 1 aromatic heterocycles. The van der Waals surface area contributed by atoms with Crippen molar-refractivity contribution in [3.63, 3.8) is 0 Å². The Bertz CT molecular complexity index is 864. The van der Waals surface area contributed by atoms with E-state index in [0.717, 1.165) is 5.82 Å². The average Bonchev–Trinajstić information content (AvgIpc) is 3.08. The summed E-state index contributed by atoms with van der Waals surface area (Å²) in [6.07, 6.45) is 3.84. The SMILES string of the molecule is CC(C)CC(=O)Nc1ccc(C(=O)N2CCNCC2c2nccn2C)cc1F. The van der Waals surface area contributed by atoms with Gasteiger partial charge in [-0.1, -0.05) is 13.8 Å². The first-order valence-corrected chi connectivity index (χ1v) is 9.45. The number of aromatic nitrogens is 2. The molecule has 8 heteroatoms. The van der Waals surface area contributed by atoms with Gasteiger partial charge in [0.15, 0.2) is 0 Å². The maximum atomic E-state index is 14.5. The third kappa shape index (κ3) is 4.39. The smallest absolute Gasteiger partial charge is 0.254 e. The number of aryl methyl sites for hydroxylation is 1. The molecular formula is C20H26FN5O2. The minimum atomic E-state index is -0.619. The van der Waals surface area contributed by atoms with Gasteiger partial charge in [0.25, 0.3) is 5.91 Å². The lowest BCUT2D eigenvalue weighted by atomic mass is 10.1. The number of imidazole rings is 1. The molecule has 1 saturated heterocycles. The van der Waals surface area contributed by atoms with Gasteiger partial charge in [0.1, 0.15) is 17.7 Å². The number of rotatable bonds is 5. The molecular weight excluding hydrogens is 361 g/mol. The van der Waals surface area contributed by atoms with Gasteiger partial charge in [-0.3, -0.25) is 9.59 Å². The van der Waals surface area contributed by atoms with Crippen molar-refractivity contribution in [2.24, 2.45) is 13.0 Å². The van der Waals surface area contributed by atoms with E-state index < -0.39 is 5.82 Å². The van der Waals surface area contributed by atoms with Gasteiger partial charge in [0, 0.05) is 51.1 Å². The molecule has 2 heterocycles. The monoisotopic (exact) mass is 387 g/mol. The summed E-state index contributed by atoms with van der Waals surface area (Å²) in [4.78, 5) is 31.0. The van der Waals surface area contributed by atoms with Gasteiger partial charge < -0.3 is 20.1 Å². The predicted molar refractivity (Wildman–Crippen MR) is 104 cm³/mol. The summed E-state index contributed by atoms with van der Waals surface area (Å²) in [5.41, 5.74) is 0.337. The average molecular weight is 387 g/mol. The molecule has 2 N–H and O–H groups in total. The molecule has 1 fully saturated rings. The predicted octanol–water partition coefficient (Wildman–Crippen LogP) is 2.33. The maximum absolute atomic E-state index is 14.5. The van der Waals surface area contributed by atoms with E-state index in [1.807, 2.05) is 31.7 Å². The van der Waals surface area contributed by atoms with Crippen LogP contribution < -0.4 is 10.6 Å². The van der Waals surface area contributed by atoms with Crippen molar-refractivity contribution in [3.8, 4) is 0 Å². The second-order valence-corrected chi connectivity index (χ2v) is 7.46. The molecule has 7 nitrogen and oxygen atoms in total. The molecule has 150 valence electrons. The van der Waals surface area contributed by atoms with Crippen LogP contribution in [0.2, 0.25) is 0 Å². The van der Waals surface area contributed by atoms with Crippen molar-refractivity contribution in [2.75, 3.05) is 25.0 Å². The number of halogens is 1. The summed E-state index contributed by atoms with van der Waals surface area (Å²) in [6.45, 7) is 5.60. The molecule has 1 atom stereocenters. The zero-order valence-corrected chi connectivity index (χ0v) is 16.4. The fourth-order valence-electron chi connectivity index (χ4n) is 3.36. The Balaban J connectivity index is 1.78. The second kappa shape index (κ2) is 8.52. The summed E-state index contributed by atoms with van der Waals surface area (Å²) in [5.74, 6) is -0.164. The summed E-state index contributed by atoms with van der Waals surface area (Å²) in [5, 5.41) is 5.84. The zero-order valence-electron chi connectivity index (χ0n) is 16.4. The first-order chi connectivity index (χ1) is 13.4. The number of anilines is 1. The molecule has 0 aliphatic carbocycles. The van der Waals surface area contributed by atoms with E-state index in [0.29, 0.717) is 26.1 Å². The van der Waals surface area contributed by atoms with Crippen LogP contribution in [0.3, 0.4) is 0 Å². The minimum absolute atomic E-state index is 0.0863. The molecule has 1 unspecified atom stereocenters. The van der Waals surface area contributed by atoms with Crippen LogP contribution in [0.4, 0.5) is 10.1 Å². The topological polar surface area (TPSA) is 79.3 Å². The van der Waals surface area contributed by atoms with Crippen molar-refractivity contribution in [2.45, 2.75) is 26.3 Å². The van der Waals surface area contributed by atoms with Gasteiger partial charge in [0.2, 0.25) is 5.91 Å². The van der Waals surface area contributed by atoms with Crippen molar-refractivity contribution >= 4 is 17.5 Å². The van der Waals surface area contributed by atoms with Gasteiger partial charge >= 0.3 is 0 Å². The highest BCUT2D eigenvalue weighted by molar-refractivity contribution is 5.96. The van der Waals surface area contributed by atoms with E-state index >= 15 is 0 Å². The third-order valence-corrected chi connectivity index (χ3v) is 4.74. The lowest BCUT2D eigenvalue weighted by Gasteiger charge is -2.35.